The number of ether oxygens (including phenoxy) is 1. The number of alkyl halides is 1. The molecular weight excluding hydrogens is 542 g/mol. The monoisotopic (exact) mass is 570 g/mol. The number of nitrogen functional groups attached to an aromatic ring is 1. The highest BCUT2D eigenvalue weighted by Crippen LogP contribution is 2.30. The van der Waals surface area contributed by atoms with E-state index >= 15 is 0 Å². The number of nitrogens with two attached hydrogens (primary N) is 1. The lowest BCUT2D eigenvalue weighted by atomic mass is 10.1. The fourth-order valence-corrected chi connectivity index (χ4v) is 5.66. The van der Waals surface area contributed by atoms with Gasteiger partial charge < -0.3 is 20.2 Å². The van der Waals surface area contributed by atoms with Crippen molar-refractivity contribution >= 4 is 15.7 Å². The molecule has 0 spiro atoms. The maximum absolute atomic E-state index is 14.9. The van der Waals surface area contributed by atoms with Gasteiger partial charge in [0.1, 0.15) is 5.82 Å². The Labute approximate surface area is 229 Å². The van der Waals surface area contributed by atoms with Gasteiger partial charge in [-0.3, -0.25) is 4.39 Å². The second-order valence-electron chi connectivity index (χ2n) is 9.51. The molecule has 1 saturated heterocycles. The molecule has 3 heterocycles. The SMILES string of the molecule is CC(CCF)S(=O)(=O)c1ccc(-c2cnc(N)c(-c3nnc(-c4ccc(CN[C@@H]5CCOC5)cc4F)o3)n2)cc1. The third kappa shape index (κ3) is 5.86. The van der Waals surface area contributed by atoms with Gasteiger partial charge in [-0.05, 0) is 49.6 Å². The van der Waals surface area contributed by atoms with Crippen LogP contribution in [0.4, 0.5) is 14.6 Å². The van der Waals surface area contributed by atoms with Gasteiger partial charge in [0.15, 0.2) is 21.3 Å². The molecule has 0 bridgehead atoms. The van der Waals surface area contributed by atoms with Crippen LogP contribution in [0.3, 0.4) is 0 Å². The van der Waals surface area contributed by atoms with Crippen LogP contribution in [-0.4, -0.2) is 59.8 Å². The van der Waals surface area contributed by atoms with Crippen LogP contribution in [0.5, 0.6) is 0 Å². The predicted octanol–water partition coefficient (Wildman–Crippen LogP) is 3.98. The third-order valence-electron chi connectivity index (χ3n) is 6.74. The van der Waals surface area contributed by atoms with Gasteiger partial charge in [0.2, 0.25) is 0 Å². The van der Waals surface area contributed by atoms with Crippen LogP contribution in [0.25, 0.3) is 34.3 Å². The van der Waals surface area contributed by atoms with Gasteiger partial charge in [0, 0.05) is 24.8 Å². The topological polar surface area (TPSA) is 146 Å². The summed E-state index contributed by atoms with van der Waals surface area (Å²) in [6, 6.07) is 11.0. The van der Waals surface area contributed by atoms with Gasteiger partial charge in [0.05, 0.1) is 40.9 Å². The van der Waals surface area contributed by atoms with Crippen molar-refractivity contribution in [2.45, 2.75) is 42.5 Å². The Kier molecular flexibility index (Phi) is 8.14. The second-order valence-corrected chi connectivity index (χ2v) is 11.9. The highest BCUT2D eigenvalue weighted by molar-refractivity contribution is 7.92. The number of hydrogen-bond donors (Lipinski definition) is 2. The van der Waals surface area contributed by atoms with Crippen molar-refractivity contribution in [3.05, 3.63) is 60.0 Å². The minimum atomic E-state index is -3.66. The normalized spacial score (nSPS) is 16.3. The van der Waals surface area contributed by atoms with Crippen molar-refractivity contribution < 1.29 is 26.4 Å². The number of rotatable bonds is 10. The summed E-state index contributed by atoms with van der Waals surface area (Å²) in [4.78, 5) is 8.72. The van der Waals surface area contributed by atoms with Crippen LogP contribution in [0, 0.1) is 5.82 Å². The average Bonchev–Trinajstić information content (AvgIpc) is 3.65. The predicted molar refractivity (Wildman–Crippen MR) is 144 cm³/mol. The smallest absolute Gasteiger partial charge is 0.270 e. The van der Waals surface area contributed by atoms with Crippen molar-refractivity contribution in [2.75, 3.05) is 25.6 Å². The number of benzene rings is 2. The Bertz CT molecular complexity index is 1590. The molecule has 0 aliphatic carbocycles. The Morgan fingerprint density at radius 1 is 1.15 bits per heavy atom. The van der Waals surface area contributed by atoms with E-state index in [2.05, 4.69) is 25.5 Å². The summed E-state index contributed by atoms with van der Waals surface area (Å²) in [6.45, 7) is 2.63. The molecule has 13 heteroatoms. The number of nitrogens with one attached hydrogen (secondary N) is 1. The van der Waals surface area contributed by atoms with Crippen molar-refractivity contribution in [2.24, 2.45) is 0 Å². The lowest BCUT2D eigenvalue weighted by Gasteiger charge is -2.12. The fourth-order valence-electron chi connectivity index (χ4n) is 4.28. The zero-order valence-electron chi connectivity index (χ0n) is 21.7. The lowest BCUT2D eigenvalue weighted by Crippen LogP contribution is -2.28. The fraction of sp³-hybridized carbons (Fsp3) is 0.333. The van der Waals surface area contributed by atoms with Crippen LogP contribution in [-0.2, 0) is 21.1 Å². The Morgan fingerprint density at radius 2 is 1.93 bits per heavy atom. The Hall–Kier alpha value is -3.81. The molecule has 2 aromatic carbocycles. The summed E-state index contributed by atoms with van der Waals surface area (Å²) >= 11 is 0. The molecular formula is C27H28F2N6O4S. The number of aromatic nitrogens is 4. The van der Waals surface area contributed by atoms with Crippen LogP contribution in [0.1, 0.15) is 25.3 Å². The molecule has 210 valence electrons. The molecule has 1 unspecified atom stereocenters. The van der Waals surface area contributed by atoms with E-state index in [0.29, 0.717) is 24.4 Å². The van der Waals surface area contributed by atoms with E-state index in [1.807, 2.05) is 0 Å². The summed E-state index contributed by atoms with van der Waals surface area (Å²) in [7, 11) is -3.66. The molecule has 0 amide bonds. The molecule has 1 aliphatic rings. The summed E-state index contributed by atoms with van der Waals surface area (Å²) in [6.07, 6.45) is 2.27. The van der Waals surface area contributed by atoms with E-state index in [4.69, 9.17) is 14.9 Å². The van der Waals surface area contributed by atoms with Gasteiger partial charge >= 0.3 is 0 Å². The minimum Gasteiger partial charge on any atom is -0.414 e. The van der Waals surface area contributed by atoms with Gasteiger partial charge in [-0.2, -0.15) is 0 Å². The van der Waals surface area contributed by atoms with Crippen LogP contribution >= 0.6 is 0 Å². The molecule has 3 N–H and O–H groups in total. The summed E-state index contributed by atoms with van der Waals surface area (Å²) < 4.78 is 63.9. The lowest BCUT2D eigenvalue weighted by molar-refractivity contribution is 0.190. The molecule has 0 radical (unpaired) electrons. The number of nitrogens with zero attached hydrogens (tertiary/aromatic N) is 4. The van der Waals surface area contributed by atoms with Crippen molar-refractivity contribution in [3.8, 4) is 34.3 Å². The van der Waals surface area contributed by atoms with E-state index in [9.17, 15) is 17.2 Å². The molecule has 2 atom stereocenters. The molecule has 2 aromatic heterocycles. The van der Waals surface area contributed by atoms with Gasteiger partial charge in [0.25, 0.3) is 11.8 Å². The van der Waals surface area contributed by atoms with E-state index in [0.717, 1.165) is 18.6 Å². The molecule has 4 aromatic rings. The van der Waals surface area contributed by atoms with E-state index in [1.54, 1.807) is 24.3 Å². The number of halogens is 2. The number of sulfone groups is 1. The molecule has 0 saturated carbocycles. The molecule has 1 fully saturated rings. The van der Waals surface area contributed by atoms with Crippen molar-refractivity contribution in [3.63, 3.8) is 0 Å². The van der Waals surface area contributed by atoms with Crippen LogP contribution in [0.15, 0.2) is 58.0 Å². The highest BCUT2D eigenvalue weighted by Gasteiger charge is 2.24. The quantitative estimate of drug-likeness (QED) is 0.287. The summed E-state index contributed by atoms with van der Waals surface area (Å²) in [5.41, 5.74) is 7.96. The zero-order valence-corrected chi connectivity index (χ0v) is 22.5. The first-order chi connectivity index (χ1) is 19.3. The number of hydrogen-bond acceptors (Lipinski definition) is 10. The number of anilines is 1. The van der Waals surface area contributed by atoms with Gasteiger partial charge in [-0.25, -0.2) is 22.8 Å². The first-order valence-corrected chi connectivity index (χ1v) is 14.3. The molecule has 5 rings (SSSR count). The Balaban J connectivity index is 1.35. The summed E-state index contributed by atoms with van der Waals surface area (Å²) in [5, 5.41) is 10.5. The minimum absolute atomic E-state index is 0.0241. The van der Waals surface area contributed by atoms with E-state index in [-0.39, 0.29) is 46.2 Å². The largest absolute Gasteiger partial charge is 0.414 e. The van der Waals surface area contributed by atoms with Crippen LogP contribution in [0.2, 0.25) is 0 Å². The second kappa shape index (κ2) is 11.7. The van der Waals surface area contributed by atoms with E-state index in [1.165, 1.54) is 31.3 Å². The van der Waals surface area contributed by atoms with Crippen molar-refractivity contribution in [1.29, 1.82) is 0 Å². The maximum Gasteiger partial charge on any atom is 0.270 e. The first-order valence-electron chi connectivity index (χ1n) is 12.7. The Morgan fingerprint density at radius 3 is 2.62 bits per heavy atom. The molecule has 40 heavy (non-hydrogen) atoms. The standard InChI is InChI=1S/C27H28F2N6O4S/c1-16(8-10-28)40(36,37)20-5-3-18(4-6-20)23-14-32-25(30)24(33-23)27-35-34-26(39-27)21-7-2-17(12-22(21)29)13-31-19-9-11-38-15-19/h2-7,12,14,16,19,31H,8-11,13,15H2,1H3,(H2,30,32)/t16?,19-/m1/s1. The van der Waals surface area contributed by atoms with Gasteiger partial charge in [-0.15, -0.1) is 10.2 Å². The first kappa shape index (κ1) is 27.7. The molecule has 1 aliphatic heterocycles. The third-order valence-corrected chi connectivity index (χ3v) is 8.97. The highest BCUT2D eigenvalue weighted by atomic mass is 32.2. The summed E-state index contributed by atoms with van der Waals surface area (Å²) in [5.74, 6) is -0.580. The van der Waals surface area contributed by atoms with Crippen LogP contribution < -0.4 is 11.1 Å². The van der Waals surface area contributed by atoms with Crippen molar-refractivity contribution in [1.82, 2.24) is 25.5 Å². The molecule has 10 nitrogen and oxygen atoms in total. The van der Waals surface area contributed by atoms with Gasteiger partial charge in [-0.1, -0.05) is 18.2 Å². The maximum atomic E-state index is 14.9. The zero-order chi connectivity index (χ0) is 28.3. The van der Waals surface area contributed by atoms with E-state index < -0.39 is 27.6 Å². The average molecular weight is 571 g/mol.